The van der Waals surface area contributed by atoms with Crippen LogP contribution in [0.2, 0.25) is 0 Å². The first kappa shape index (κ1) is 13.2. The van der Waals surface area contributed by atoms with Crippen LogP contribution in [0.25, 0.3) is 0 Å². The van der Waals surface area contributed by atoms with Gasteiger partial charge in [0.15, 0.2) is 0 Å². The molecule has 1 amide bonds. The molecule has 1 aromatic heterocycles. The molecule has 1 aromatic carbocycles. The second-order valence-corrected chi connectivity index (χ2v) is 4.49. The van der Waals surface area contributed by atoms with Crippen molar-refractivity contribution in [2.75, 3.05) is 5.32 Å². The predicted molar refractivity (Wildman–Crippen MR) is 73.3 cm³/mol. The fraction of sp³-hybridized carbons (Fsp3) is 0. The summed E-state index contributed by atoms with van der Waals surface area (Å²) in [5, 5.41) is 11.6. The van der Waals surface area contributed by atoms with Gasteiger partial charge in [-0.3, -0.25) is 9.78 Å². The summed E-state index contributed by atoms with van der Waals surface area (Å²) >= 11 is 3.29. The van der Waals surface area contributed by atoms with E-state index in [2.05, 4.69) is 26.2 Å². The summed E-state index contributed by atoms with van der Waals surface area (Å²) in [6, 6.07) is 9.85. The van der Waals surface area contributed by atoms with Gasteiger partial charge in [0.2, 0.25) is 0 Å². The number of carbonyl (C=O) groups excluding carboxylic acids is 1. The molecule has 5 nitrogen and oxygen atoms in total. The van der Waals surface area contributed by atoms with Crippen molar-refractivity contribution in [2.24, 2.45) is 0 Å². The Morgan fingerprint density at radius 2 is 1.89 bits per heavy atom. The molecule has 0 saturated carbocycles. The number of carboxylic acid groups (broad SMARTS) is 1. The van der Waals surface area contributed by atoms with Gasteiger partial charge >= 0.3 is 5.97 Å². The molecule has 6 heteroatoms. The van der Waals surface area contributed by atoms with Crippen LogP contribution in [0.1, 0.15) is 20.8 Å². The fourth-order valence-corrected chi connectivity index (χ4v) is 1.89. The van der Waals surface area contributed by atoms with Crippen LogP contribution in [0.5, 0.6) is 0 Å². The van der Waals surface area contributed by atoms with Gasteiger partial charge in [0.25, 0.3) is 5.91 Å². The standard InChI is InChI=1S/C13H9BrN2O3/c14-9-5-1-2-6-10(9)16-12(17)11-8(13(18)19)4-3-7-15-11/h1-7H,(H,16,17)(H,18,19). The summed E-state index contributed by atoms with van der Waals surface area (Å²) in [7, 11) is 0. The monoisotopic (exact) mass is 320 g/mol. The van der Waals surface area contributed by atoms with Crippen molar-refractivity contribution >= 4 is 33.5 Å². The van der Waals surface area contributed by atoms with Gasteiger partial charge in [0.1, 0.15) is 5.69 Å². The molecule has 0 fully saturated rings. The van der Waals surface area contributed by atoms with Crippen LogP contribution in [0, 0.1) is 0 Å². The maximum Gasteiger partial charge on any atom is 0.338 e. The van der Waals surface area contributed by atoms with Crippen molar-refractivity contribution in [3.63, 3.8) is 0 Å². The second kappa shape index (κ2) is 5.62. The number of carboxylic acids is 1. The summed E-state index contributed by atoms with van der Waals surface area (Å²) in [6.45, 7) is 0. The number of hydrogen-bond donors (Lipinski definition) is 2. The molecule has 0 radical (unpaired) electrons. The van der Waals surface area contributed by atoms with Crippen molar-refractivity contribution in [3.8, 4) is 0 Å². The van der Waals surface area contributed by atoms with E-state index in [-0.39, 0.29) is 11.3 Å². The number of anilines is 1. The maximum absolute atomic E-state index is 12.0. The lowest BCUT2D eigenvalue weighted by atomic mass is 10.2. The second-order valence-electron chi connectivity index (χ2n) is 3.64. The lowest BCUT2D eigenvalue weighted by Crippen LogP contribution is -2.18. The summed E-state index contributed by atoms with van der Waals surface area (Å²) in [6.07, 6.45) is 1.38. The molecular weight excluding hydrogens is 312 g/mol. The third-order valence-corrected chi connectivity index (χ3v) is 3.07. The van der Waals surface area contributed by atoms with E-state index < -0.39 is 11.9 Å². The number of nitrogens with one attached hydrogen (secondary N) is 1. The molecule has 1 heterocycles. The normalized spacial score (nSPS) is 9.95. The molecule has 96 valence electrons. The highest BCUT2D eigenvalue weighted by atomic mass is 79.9. The smallest absolute Gasteiger partial charge is 0.338 e. The number of aromatic nitrogens is 1. The minimum atomic E-state index is -1.19. The number of rotatable bonds is 3. The van der Waals surface area contributed by atoms with Gasteiger partial charge in [-0.1, -0.05) is 12.1 Å². The van der Waals surface area contributed by atoms with Crippen LogP contribution in [0.4, 0.5) is 5.69 Å². The van der Waals surface area contributed by atoms with Gasteiger partial charge in [-0.05, 0) is 40.2 Å². The Labute approximate surface area is 117 Å². The molecule has 0 spiro atoms. The zero-order valence-electron chi connectivity index (χ0n) is 9.63. The topological polar surface area (TPSA) is 79.3 Å². The van der Waals surface area contributed by atoms with E-state index in [0.717, 1.165) is 0 Å². The molecule has 0 bridgehead atoms. The van der Waals surface area contributed by atoms with Gasteiger partial charge in [0.05, 0.1) is 11.3 Å². The summed E-state index contributed by atoms with van der Waals surface area (Å²) in [4.78, 5) is 26.9. The first-order valence-electron chi connectivity index (χ1n) is 5.34. The summed E-state index contributed by atoms with van der Waals surface area (Å²) < 4.78 is 0.705. The van der Waals surface area contributed by atoms with Gasteiger partial charge < -0.3 is 10.4 Å². The predicted octanol–water partition coefficient (Wildman–Crippen LogP) is 2.79. The van der Waals surface area contributed by atoms with E-state index in [4.69, 9.17) is 5.11 Å². The zero-order valence-corrected chi connectivity index (χ0v) is 11.2. The number of nitrogens with zero attached hydrogens (tertiary/aromatic N) is 1. The zero-order chi connectivity index (χ0) is 13.8. The number of para-hydroxylation sites is 1. The molecule has 0 aliphatic rings. The summed E-state index contributed by atoms with van der Waals surface area (Å²) in [5.74, 6) is -1.75. The van der Waals surface area contributed by atoms with E-state index in [9.17, 15) is 9.59 Å². The Kier molecular flexibility index (Phi) is 3.91. The van der Waals surface area contributed by atoms with Gasteiger partial charge in [0, 0.05) is 10.7 Å². The number of halogens is 1. The van der Waals surface area contributed by atoms with Crippen LogP contribution >= 0.6 is 15.9 Å². The highest BCUT2D eigenvalue weighted by Gasteiger charge is 2.18. The van der Waals surface area contributed by atoms with Crippen LogP contribution in [-0.4, -0.2) is 22.0 Å². The number of benzene rings is 1. The number of pyridine rings is 1. The molecule has 2 N–H and O–H groups in total. The van der Waals surface area contributed by atoms with Crippen molar-refractivity contribution in [3.05, 3.63) is 58.3 Å². The highest BCUT2D eigenvalue weighted by molar-refractivity contribution is 9.10. The molecule has 0 saturated heterocycles. The Bertz CT molecular complexity index is 643. The lowest BCUT2D eigenvalue weighted by molar-refractivity contribution is 0.0691. The molecule has 0 aliphatic heterocycles. The van der Waals surface area contributed by atoms with Crippen LogP contribution in [0.15, 0.2) is 47.1 Å². The average Bonchev–Trinajstić information content (AvgIpc) is 2.41. The van der Waals surface area contributed by atoms with Gasteiger partial charge in [-0.15, -0.1) is 0 Å². The van der Waals surface area contributed by atoms with E-state index >= 15 is 0 Å². The SMILES string of the molecule is O=C(O)c1cccnc1C(=O)Nc1ccccc1Br. The van der Waals surface area contributed by atoms with Crippen LogP contribution in [0.3, 0.4) is 0 Å². The third-order valence-electron chi connectivity index (χ3n) is 2.38. The maximum atomic E-state index is 12.0. The van der Waals surface area contributed by atoms with Crippen LogP contribution < -0.4 is 5.32 Å². The number of hydrogen-bond acceptors (Lipinski definition) is 3. The Balaban J connectivity index is 2.31. The van der Waals surface area contributed by atoms with Crippen molar-refractivity contribution in [2.45, 2.75) is 0 Å². The average molecular weight is 321 g/mol. The van der Waals surface area contributed by atoms with Crippen molar-refractivity contribution in [1.29, 1.82) is 0 Å². The molecular formula is C13H9BrN2O3. The van der Waals surface area contributed by atoms with E-state index in [1.54, 1.807) is 18.2 Å². The Morgan fingerprint density at radius 1 is 1.16 bits per heavy atom. The fourth-order valence-electron chi connectivity index (χ4n) is 1.50. The van der Waals surface area contributed by atoms with E-state index in [1.807, 2.05) is 6.07 Å². The van der Waals surface area contributed by atoms with Crippen molar-refractivity contribution < 1.29 is 14.7 Å². The quantitative estimate of drug-likeness (QED) is 0.911. The van der Waals surface area contributed by atoms with Gasteiger partial charge in [-0.2, -0.15) is 0 Å². The van der Waals surface area contributed by atoms with E-state index in [1.165, 1.54) is 18.3 Å². The van der Waals surface area contributed by atoms with Crippen LogP contribution in [-0.2, 0) is 0 Å². The van der Waals surface area contributed by atoms with E-state index in [0.29, 0.717) is 10.2 Å². The number of carbonyl (C=O) groups is 2. The first-order valence-corrected chi connectivity index (χ1v) is 6.13. The molecule has 0 unspecified atom stereocenters. The number of aromatic carboxylic acids is 1. The molecule has 2 rings (SSSR count). The molecule has 0 aliphatic carbocycles. The highest BCUT2D eigenvalue weighted by Crippen LogP contribution is 2.22. The number of amides is 1. The first-order chi connectivity index (χ1) is 9.09. The van der Waals surface area contributed by atoms with Crippen molar-refractivity contribution in [1.82, 2.24) is 4.98 Å². The molecule has 19 heavy (non-hydrogen) atoms. The molecule has 0 atom stereocenters. The minimum Gasteiger partial charge on any atom is -0.478 e. The third kappa shape index (κ3) is 2.97. The lowest BCUT2D eigenvalue weighted by Gasteiger charge is -2.08. The summed E-state index contributed by atoms with van der Waals surface area (Å²) in [5.41, 5.74) is 0.298. The molecule has 2 aromatic rings. The minimum absolute atomic E-state index is 0.120. The van der Waals surface area contributed by atoms with Gasteiger partial charge in [-0.25, -0.2) is 4.79 Å². The Morgan fingerprint density at radius 3 is 2.58 bits per heavy atom. The Hall–Kier alpha value is -2.21. The largest absolute Gasteiger partial charge is 0.478 e.